The van der Waals surface area contributed by atoms with Gasteiger partial charge in [-0.15, -0.1) is 0 Å². The molecule has 1 saturated heterocycles. The molecule has 18 heavy (non-hydrogen) atoms. The molecule has 1 fully saturated rings. The Balaban J connectivity index is 2.19. The topological polar surface area (TPSA) is 60.5 Å². The number of hydrogen-bond acceptors (Lipinski definition) is 5. The molecule has 1 N–H and O–H groups in total. The Labute approximate surface area is 110 Å². The minimum atomic E-state index is -0.400. The van der Waals surface area contributed by atoms with E-state index < -0.39 is 5.97 Å². The predicted molar refractivity (Wildman–Crippen MR) is 68.1 cm³/mol. The van der Waals surface area contributed by atoms with Crippen molar-refractivity contribution >= 4 is 23.3 Å². The van der Waals surface area contributed by atoms with Gasteiger partial charge in [-0.05, 0) is 19.4 Å². The van der Waals surface area contributed by atoms with Crippen LogP contribution in [0.3, 0.4) is 0 Å². The first-order valence-corrected chi connectivity index (χ1v) is 6.25. The number of nitrogens with one attached hydrogen (secondary N) is 1. The summed E-state index contributed by atoms with van der Waals surface area (Å²) in [6.07, 6.45) is 2.33. The molecule has 1 aliphatic rings. The molecular weight excluding hydrogens is 256 g/mol. The van der Waals surface area contributed by atoms with Crippen LogP contribution >= 0.6 is 11.6 Å². The number of ether oxygens (including phenoxy) is 2. The molecule has 5 nitrogen and oxygen atoms in total. The first-order valence-electron chi connectivity index (χ1n) is 5.87. The minimum Gasteiger partial charge on any atom is -0.462 e. The van der Waals surface area contributed by atoms with Crippen molar-refractivity contribution in [2.24, 2.45) is 0 Å². The van der Waals surface area contributed by atoms with Crippen molar-refractivity contribution in [3.05, 3.63) is 23.0 Å². The number of carbonyl (C=O) groups excluding carboxylic acids is 1. The molecule has 1 aliphatic heterocycles. The van der Waals surface area contributed by atoms with Gasteiger partial charge in [0.15, 0.2) is 0 Å². The maximum absolute atomic E-state index is 11.8. The van der Waals surface area contributed by atoms with E-state index in [2.05, 4.69) is 10.3 Å². The Morgan fingerprint density at radius 3 is 3.22 bits per heavy atom. The van der Waals surface area contributed by atoms with Gasteiger partial charge in [-0.25, -0.2) is 9.78 Å². The third kappa shape index (κ3) is 3.11. The van der Waals surface area contributed by atoms with E-state index in [0.717, 1.165) is 13.0 Å². The molecule has 2 rings (SSSR count). The van der Waals surface area contributed by atoms with Crippen molar-refractivity contribution in [3.63, 3.8) is 0 Å². The first kappa shape index (κ1) is 13.1. The van der Waals surface area contributed by atoms with Crippen molar-refractivity contribution in [2.75, 3.05) is 25.1 Å². The van der Waals surface area contributed by atoms with Gasteiger partial charge in [-0.1, -0.05) is 11.6 Å². The fraction of sp³-hybridized carbons (Fsp3) is 0.500. The van der Waals surface area contributed by atoms with Crippen molar-refractivity contribution in [1.82, 2.24) is 4.98 Å². The largest absolute Gasteiger partial charge is 0.462 e. The Morgan fingerprint density at radius 2 is 2.56 bits per heavy atom. The van der Waals surface area contributed by atoms with E-state index in [9.17, 15) is 4.79 Å². The molecule has 98 valence electrons. The third-order valence-corrected chi connectivity index (χ3v) is 2.86. The Morgan fingerprint density at radius 1 is 1.72 bits per heavy atom. The standard InChI is InChI=1S/C12H15ClN2O3/c1-2-18-12(16)9-6-14-11(13)5-10(9)15-8-3-4-17-7-8/h5-6,8H,2-4,7H2,1H3,(H,14,15). The average Bonchev–Trinajstić information content (AvgIpc) is 2.82. The maximum Gasteiger partial charge on any atom is 0.341 e. The SMILES string of the molecule is CCOC(=O)c1cnc(Cl)cc1NC1CCOC1. The van der Waals surface area contributed by atoms with Crippen molar-refractivity contribution in [3.8, 4) is 0 Å². The molecule has 6 heteroatoms. The van der Waals surface area contributed by atoms with E-state index in [1.165, 1.54) is 6.20 Å². The summed E-state index contributed by atoms with van der Waals surface area (Å²) in [5.41, 5.74) is 1.04. The summed E-state index contributed by atoms with van der Waals surface area (Å²) in [5.74, 6) is -0.400. The first-order chi connectivity index (χ1) is 8.70. The van der Waals surface area contributed by atoms with Crippen LogP contribution in [-0.2, 0) is 9.47 Å². The number of anilines is 1. The zero-order chi connectivity index (χ0) is 13.0. The Hall–Kier alpha value is -1.33. The van der Waals surface area contributed by atoms with E-state index in [0.29, 0.717) is 29.6 Å². The molecule has 0 aromatic carbocycles. The summed E-state index contributed by atoms with van der Waals surface area (Å²) in [6, 6.07) is 1.82. The van der Waals surface area contributed by atoms with Crippen LogP contribution in [0.5, 0.6) is 0 Å². The van der Waals surface area contributed by atoms with Crippen LogP contribution in [0.15, 0.2) is 12.3 Å². The predicted octanol–water partition coefficient (Wildman–Crippen LogP) is 2.11. The number of pyridine rings is 1. The highest BCUT2D eigenvalue weighted by Gasteiger charge is 2.20. The monoisotopic (exact) mass is 270 g/mol. The molecule has 0 aliphatic carbocycles. The number of halogens is 1. The quantitative estimate of drug-likeness (QED) is 0.671. The van der Waals surface area contributed by atoms with Crippen LogP contribution in [0.4, 0.5) is 5.69 Å². The second-order valence-corrected chi connectivity index (χ2v) is 4.37. The molecular formula is C12H15ClN2O3. The van der Waals surface area contributed by atoms with Gasteiger partial charge in [-0.2, -0.15) is 0 Å². The lowest BCUT2D eigenvalue weighted by molar-refractivity contribution is 0.0527. The molecule has 0 bridgehead atoms. The van der Waals surface area contributed by atoms with Crippen molar-refractivity contribution in [1.29, 1.82) is 0 Å². The molecule has 1 aromatic rings. The zero-order valence-electron chi connectivity index (χ0n) is 10.1. The summed E-state index contributed by atoms with van der Waals surface area (Å²) in [4.78, 5) is 15.7. The van der Waals surface area contributed by atoms with Gasteiger partial charge >= 0.3 is 5.97 Å². The van der Waals surface area contributed by atoms with Crippen LogP contribution in [0.2, 0.25) is 5.15 Å². The average molecular weight is 271 g/mol. The highest BCUT2D eigenvalue weighted by Crippen LogP contribution is 2.22. The number of carbonyl (C=O) groups is 1. The summed E-state index contributed by atoms with van der Waals surface area (Å²) >= 11 is 5.85. The normalized spacial score (nSPS) is 18.7. The second-order valence-electron chi connectivity index (χ2n) is 3.98. The molecule has 2 heterocycles. The molecule has 1 unspecified atom stereocenters. The molecule has 0 radical (unpaired) electrons. The van der Waals surface area contributed by atoms with E-state index in [4.69, 9.17) is 21.1 Å². The van der Waals surface area contributed by atoms with Crippen molar-refractivity contribution < 1.29 is 14.3 Å². The fourth-order valence-electron chi connectivity index (χ4n) is 1.79. The van der Waals surface area contributed by atoms with E-state index in [1.807, 2.05) is 0 Å². The lowest BCUT2D eigenvalue weighted by Crippen LogP contribution is -2.21. The Kier molecular flexibility index (Phi) is 4.38. The molecule has 0 amide bonds. The molecule has 0 spiro atoms. The summed E-state index contributed by atoms with van der Waals surface area (Å²) in [6.45, 7) is 3.44. The van der Waals surface area contributed by atoms with Crippen LogP contribution in [0.1, 0.15) is 23.7 Å². The highest BCUT2D eigenvalue weighted by atomic mass is 35.5. The maximum atomic E-state index is 11.8. The molecule has 1 aromatic heterocycles. The van der Waals surface area contributed by atoms with Gasteiger partial charge in [0.2, 0.25) is 0 Å². The Bertz CT molecular complexity index is 433. The number of rotatable bonds is 4. The van der Waals surface area contributed by atoms with Gasteiger partial charge < -0.3 is 14.8 Å². The highest BCUT2D eigenvalue weighted by molar-refractivity contribution is 6.29. The van der Waals surface area contributed by atoms with Crippen LogP contribution in [0.25, 0.3) is 0 Å². The third-order valence-electron chi connectivity index (χ3n) is 2.66. The van der Waals surface area contributed by atoms with E-state index in [1.54, 1.807) is 13.0 Å². The molecule has 1 atom stereocenters. The van der Waals surface area contributed by atoms with E-state index in [-0.39, 0.29) is 6.04 Å². The van der Waals surface area contributed by atoms with Crippen LogP contribution < -0.4 is 5.32 Å². The lowest BCUT2D eigenvalue weighted by atomic mass is 10.2. The summed E-state index contributed by atoms with van der Waals surface area (Å²) in [7, 11) is 0. The van der Waals surface area contributed by atoms with Gasteiger partial charge in [0, 0.05) is 12.8 Å². The van der Waals surface area contributed by atoms with E-state index >= 15 is 0 Å². The zero-order valence-corrected chi connectivity index (χ0v) is 10.9. The summed E-state index contributed by atoms with van der Waals surface area (Å²) < 4.78 is 10.3. The number of nitrogens with zero attached hydrogens (tertiary/aromatic N) is 1. The van der Waals surface area contributed by atoms with Crippen LogP contribution in [-0.4, -0.2) is 36.8 Å². The second kappa shape index (κ2) is 6.02. The minimum absolute atomic E-state index is 0.191. The van der Waals surface area contributed by atoms with Gasteiger partial charge in [0.1, 0.15) is 10.7 Å². The van der Waals surface area contributed by atoms with Crippen molar-refractivity contribution in [2.45, 2.75) is 19.4 Å². The van der Waals surface area contributed by atoms with Crippen LogP contribution in [0, 0.1) is 0 Å². The van der Waals surface area contributed by atoms with Gasteiger partial charge in [0.05, 0.1) is 24.9 Å². The summed E-state index contributed by atoms with van der Waals surface area (Å²) in [5, 5.41) is 3.58. The number of hydrogen-bond donors (Lipinski definition) is 1. The number of aromatic nitrogens is 1. The fourth-order valence-corrected chi connectivity index (χ4v) is 1.95. The van der Waals surface area contributed by atoms with Gasteiger partial charge in [-0.3, -0.25) is 0 Å². The lowest BCUT2D eigenvalue weighted by Gasteiger charge is -2.15. The smallest absolute Gasteiger partial charge is 0.341 e. The number of esters is 1. The molecule has 0 saturated carbocycles. The van der Waals surface area contributed by atoms with Gasteiger partial charge in [0.25, 0.3) is 0 Å².